The van der Waals surface area contributed by atoms with Crippen LogP contribution in [0.25, 0.3) is 5.65 Å². The molecule has 1 atom stereocenters. The monoisotopic (exact) mass is 340 g/mol. The molecule has 5 nitrogen and oxygen atoms in total. The highest BCUT2D eigenvalue weighted by Gasteiger charge is 2.44. The van der Waals surface area contributed by atoms with Crippen molar-refractivity contribution in [3.8, 4) is 0 Å². The van der Waals surface area contributed by atoms with E-state index in [1.165, 1.54) is 11.4 Å². The second-order valence-electron chi connectivity index (χ2n) is 7.56. The van der Waals surface area contributed by atoms with E-state index in [1.54, 1.807) is 0 Å². The SMILES string of the molecule is CCN1C(=O)CCC12CCCN(Cc1nc3ccccn3c1C)CC2. The topological polar surface area (TPSA) is 40.9 Å². The molecule has 4 rings (SSSR count). The molecular weight excluding hydrogens is 312 g/mol. The molecule has 1 spiro atoms. The maximum Gasteiger partial charge on any atom is 0.223 e. The van der Waals surface area contributed by atoms with Gasteiger partial charge in [0.25, 0.3) is 0 Å². The molecule has 0 N–H and O–H groups in total. The maximum atomic E-state index is 12.2. The lowest BCUT2D eigenvalue weighted by atomic mass is 9.88. The first kappa shape index (κ1) is 16.6. The Morgan fingerprint density at radius 3 is 2.88 bits per heavy atom. The standard InChI is InChI=1S/C20H28N4O/c1-3-24-19(25)8-10-20(24)9-6-12-22(14-11-20)15-17-16(2)23-13-5-4-7-18(23)21-17/h4-5,7,13H,3,6,8-12,14-15H2,1-2H3. The van der Waals surface area contributed by atoms with Crippen LogP contribution in [0.2, 0.25) is 0 Å². The lowest BCUT2D eigenvalue weighted by Gasteiger charge is -2.37. The summed E-state index contributed by atoms with van der Waals surface area (Å²) >= 11 is 0. The van der Waals surface area contributed by atoms with Crippen molar-refractivity contribution in [2.24, 2.45) is 0 Å². The quantitative estimate of drug-likeness (QED) is 0.862. The van der Waals surface area contributed by atoms with Gasteiger partial charge in [0.15, 0.2) is 0 Å². The van der Waals surface area contributed by atoms with E-state index >= 15 is 0 Å². The second-order valence-corrected chi connectivity index (χ2v) is 7.56. The summed E-state index contributed by atoms with van der Waals surface area (Å²) in [7, 11) is 0. The number of fused-ring (bicyclic) bond motifs is 1. The number of likely N-dealkylation sites (tertiary alicyclic amines) is 2. The van der Waals surface area contributed by atoms with Crippen molar-refractivity contribution in [2.75, 3.05) is 19.6 Å². The predicted molar refractivity (Wildman–Crippen MR) is 98.4 cm³/mol. The van der Waals surface area contributed by atoms with Crippen molar-refractivity contribution >= 4 is 11.6 Å². The summed E-state index contributed by atoms with van der Waals surface area (Å²) in [5.41, 5.74) is 3.56. The Bertz CT molecular complexity index is 783. The molecule has 0 bridgehead atoms. The first-order valence-electron chi connectivity index (χ1n) is 9.58. The fourth-order valence-electron chi connectivity index (χ4n) is 4.83. The Balaban J connectivity index is 1.49. The average molecular weight is 340 g/mol. The Morgan fingerprint density at radius 2 is 2.08 bits per heavy atom. The summed E-state index contributed by atoms with van der Waals surface area (Å²) in [6, 6.07) is 6.16. The van der Waals surface area contributed by atoms with Crippen molar-refractivity contribution in [1.82, 2.24) is 19.2 Å². The third kappa shape index (κ3) is 2.84. The third-order valence-electron chi connectivity index (χ3n) is 6.24. The molecule has 1 unspecified atom stereocenters. The van der Waals surface area contributed by atoms with Gasteiger partial charge in [0.05, 0.1) is 5.69 Å². The van der Waals surface area contributed by atoms with Gasteiger partial charge in [-0.1, -0.05) is 6.07 Å². The van der Waals surface area contributed by atoms with Gasteiger partial charge >= 0.3 is 0 Å². The van der Waals surface area contributed by atoms with Gasteiger partial charge in [0.1, 0.15) is 5.65 Å². The highest BCUT2D eigenvalue weighted by Crippen LogP contribution is 2.39. The number of nitrogens with zero attached hydrogens (tertiary/aromatic N) is 4. The van der Waals surface area contributed by atoms with Gasteiger partial charge in [0.2, 0.25) is 5.91 Å². The molecule has 2 aliphatic rings. The van der Waals surface area contributed by atoms with Crippen molar-refractivity contribution in [1.29, 1.82) is 0 Å². The minimum atomic E-state index is 0.120. The number of aromatic nitrogens is 2. The number of aryl methyl sites for hydroxylation is 1. The molecule has 2 aliphatic heterocycles. The number of amides is 1. The first-order chi connectivity index (χ1) is 12.1. The molecule has 2 aromatic rings. The third-order valence-corrected chi connectivity index (χ3v) is 6.24. The van der Waals surface area contributed by atoms with Crippen LogP contribution in [0.4, 0.5) is 0 Å². The summed E-state index contributed by atoms with van der Waals surface area (Å²) < 4.78 is 2.17. The first-order valence-corrected chi connectivity index (χ1v) is 9.58. The Morgan fingerprint density at radius 1 is 1.20 bits per heavy atom. The van der Waals surface area contributed by atoms with E-state index in [0.717, 1.165) is 63.9 Å². The lowest BCUT2D eigenvalue weighted by molar-refractivity contribution is -0.131. The van der Waals surface area contributed by atoms with E-state index in [-0.39, 0.29) is 5.54 Å². The van der Waals surface area contributed by atoms with E-state index in [1.807, 2.05) is 6.07 Å². The van der Waals surface area contributed by atoms with Gasteiger partial charge in [-0.3, -0.25) is 9.69 Å². The molecule has 1 amide bonds. The fraction of sp³-hybridized carbons (Fsp3) is 0.600. The van der Waals surface area contributed by atoms with Crippen molar-refractivity contribution in [3.63, 3.8) is 0 Å². The zero-order chi connectivity index (χ0) is 17.4. The van der Waals surface area contributed by atoms with E-state index in [2.05, 4.69) is 46.4 Å². The van der Waals surface area contributed by atoms with Crippen LogP contribution in [0.1, 0.15) is 50.4 Å². The molecule has 2 saturated heterocycles. The van der Waals surface area contributed by atoms with Crippen LogP contribution in [0.3, 0.4) is 0 Å². The normalized spacial score (nSPS) is 25.2. The predicted octanol–water partition coefficient (Wildman–Crippen LogP) is 3.01. The van der Waals surface area contributed by atoms with Crippen LogP contribution in [0.15, 0.2) is 24.4 Å². The number of carbonyl (C=O) groups excluding carboxylic acids is 1. The number of carbonyl (C=O) groups is 1. The van der Waals surface area contributed by atoms with Gasteiger partial charge in [-0.25, -0.2) is 4.98 Å². The molecule has 0 saturated carbocycles. The van der Waals surface area contributed by atoms with E-state index in [0.29, 0.717) is 5.91 Å². The molecule has 4 heterocycles. The van der Waals surface area contributed by atoms with Crippen LogP contribution < -0.4 is 0 Å². The number of imidazole rings is 1. The fourth-order valence-corrected chi connectivity index (χ4v) is 4.83. The van der Waals surface area contributed by atoms with Gasteiger partial charge in [0, 0.05) is 43.5 Å². The highest BCUT2D eigenvalue weighted by atomic mass is 16.2. The van der Waals surface area contributed by atoms with Gasteiger partial charge in [-0.2, -0.15) is 0 Å². The van der Waals surface area contributed by atoms with Crippen LogP contribution in [-0.2, 0) is 11.3 Å². The number of pyridine rings is 1. The molecular formula is C20H28N4O. The minimum absolute atomic E-state index is 0.120. The van der Waals surface area contributed by atoms with E-state index in [9.17, 15) is 4.79 Å². The summed E-state index contributed by atoms with van der Waals surface area (Å²) in [5, 5.41) is 0. The van der Waals surface area contributed by atoms with E-state index in [4.69, 9.17) is 4.98 Å². The molecule has 0 aliphatic carbocycles. The zero-order valence-electron chi connectivity index (χ0n) is 15.4. The molecule has 0 aromatic carbocycles. The smallest absolute Gasteiger partial charge is 0.223 e. The average Bonchev–Trinajstić information content (AvgIpc) is 3.01. The van der Waals surface area contributed by atoms with Gasteiger partial charge < -0.3 is 9.30 Å². The minimum Gasteiger partial charge on any atom is -0.337 e. The number of rotatable bonds is 3. The molecule has 5 heteroatoms. The largest absolute Gasteiger partial charge is 0.337 e. The number of hydrogen-bond acceptors (Lipinski definition) is 3. The summed E-state index contributed by atoms with van der Waals surface area (Å²) in [5.74, 6) is 0.354. The van der Waals surface area contributed by atoms with E-state index < -0.39 is 0 Å². The van der Waals surface area contributed by atoms with Crippen LogP contribution in [0.5, 0.6) is 0 Å². The second kappa shape index (κ2) is 6.45. The molecule has 2 aromatic heterocycles. The summed E-state index contributed by atoms with van der Waals surface area (Å²) in [4.78, 5) is 21.7. The van der Waals surface area contributed by atoms with Gasteiger partial charge in [-0.05, 0) is 58.2 Å². The van der Waals surface area contributed by atoms with Crippen LogP contribution >= 0.6 is 0 Å². The molecule has 2 fully saturated rings. The van der Waals surface area contributed by atoms with Crippen LogP contribution in [0, 0.1) is 6.92 Å². The molecule has 25 heavy (non-hydrogen) atoms. The van der Waals surface area contributed by atoms with Crippen molar-refractivity contribution in [3.05, 3.63) is 35.8 Å². The summed E-state index contributed by atoms with van der Waals surface area (Å²) in [6.45, 7) is 8.18. The highest BCUT2D eigenvalue weighted by molar-refractivity contribution is 5.79. The molecule has 134 valence electrons. The maximum absolute atomic E-state index is 12.2. The van der Waals surface area contributed by atoms with Crippen molar-refractivity contribution < 1.29 is 4.79 Å². The molecule has 0 radical (unpaired) electrons. The van der Waals surface area contributed by atoms with Crippen LogP contribution in [-0.4, -0.2) is 50.3 Å². The van der Waals surface area contributed by atoms with Gasteiger partial charge in [-0.15, -0.1) is 0 Å². The Labute approximate surface area is 149 Å². The lowest BCUT2D eigenvalue weighted by Crippen LogP contribution is -2.46. The Kier molecular flexibility index (Phi) is 4.28. The van der Waals surface area contributed by atoms with Crippen molar-refractivity contribution in [2.45, 2.75) is 58.0 Å². The zero-order valence-corrected chi connectivity index (χ0v) is 15.4. The summed E-state index contributed by atoms with van der Waals surface area (Å²) in [6.07, 6.45) is 7.27. The Hall–Kier alpha value is -1.88. The number of hydrogen-bond donors (Lipinski definition) is 0.